The summed E-state index contributed by atoms with van der Waals surface area (Å²) in [7, 11) is 0. The zero-order valence-electron chi connectivity index (χ0n) is 10.4. The molecule has 0 spiro atoms. The molecule has 1 fully saturated rings. The molecule has 0 saturated carbocycles. The molecule has 1 aromatic carbocycles. The number of Topliss-reactive ketones (excluding diaryl/α,β-unsaturated/α-hetero) is 1. The van der Waals surface area contributed by atoms with Gasteiger partial charge in [-0.05, 0) is 17.7 Å². The summed E-state index contributed by atoms with van der Waals surface area (Å²) in [5.74, 6) is -2.51. The van der Waals surface area contributed by atoms with Gasteiger partial charge in [-0.1, -0.05) is 12.1 Å². The molecule has 2 N–H and O–H groups in total. The number of aliphatic hydroxyl groups is 2. The lowest BCUT2D eigenvalue weighted by molar-refractivity contribution is -0.152. The average molecular weight is 284 g/mol. The summed E-state index contributed by atoms with van der Waals surface area (Å²) in [6.45, 7) is -0.801. The highest BCUT2D eigenvalue weighted by molar-refractivity contribution is 6.37. The zero-order chi connectivity index (χ0) is 14.7. The summed E-state index contributed by atoms with van der Waals surface area (Å²) >= 11 is 0. The van der Waals surface area contributed by atoms with Gasteiger partial charge in [-0.15, -0.1) is 0 Å². The second-order valence-electron chi connectivity index (χ2n) is 4.35. The number of halogens is 1. The average Bonchev–Trinajstić information content (AvgIpc) is 2.72. The van der Waals surface area contributed by atoms with Crippen LogP contribution in [0.15, 0.2) is 24.3 Å². The van der Waals surface area contributed by atoms with Gasteiger partial charge in [0, 0.05) is 0 Å². The van der Waals surface area contributed by atoms with Crippen LogP contribution in [0.4, 0.5) is 4.39 Å². The van der Waals surface area contributed by atoms with Crippen LogP contribution in [-0.2, 0) is 25.7 Å². The van der Waals surface area contributed by atoms with E-state index in [4.69, 9.17) is 9.84 Å². The molecule has 0 radical (unpaired) electrons. The van der Waals surface area contributed by atoms with Crippen LogP contribution in [0.3, 0.4) is 0 Å². The van der Waals surface area contributed by atoms with Crippen LogP contribution in [0.25, 0.3) is 0 Å². The first kappa shape index (κ1) is 14.6. The van der Waals surface area contributed by atoms with Crippen LogP contribution in [0, 0.1) is 5.82 Å². The highest BCUT2D eigenvalue weighted by Crippen LogP contribution is 2.20. The Morgan fingerprint density at radius 1 is 1.40 bits per heavy atom. The number of carbonyl (C=O) groups is 2. The predicted molar refractivity (Wildman–Crippen MR) is 63.0 cm³/mol. The topological polar surface area (TPSA) is 93.1 Å². The van der Waals surface area contributed by atoms with E-state index >= 15 is 0 Å². The lowest BCUT2D eigenvalue weighted by Gasteiger charge is -2.20. The fourth-order valence-electron chi connectivity index (χ4n) is 1.88. The second-order valence-corrected chi connectivity index (χ2v) is 4.35. The maximum Gasteiger partial charge on any atom is 0.378 e. The number of carbonyl (C=O) groups excluding carboxylic acids is 2. The first-order valence-electron chi connectivity index (χ1n) is 5.92. The van der Waals surface area contributed by atoms with E-state index in [2.05, 4.69) is 4.74 Å². The molecule has 0 aliphatic carbocycles. The Morgan fingerprint density at radius 3 is 2.80 bits per heavy atom. The van der Waals surface area contributed by atoms with E-state index in [1.165, 1.54) is 18.2 Å². The summed E-state index contributed by atoms with van der Waals surface area (Å²) < 4.78 is 22.9. The van der Waals surface area contributed by atoms with Crippen molar-refractivity contribution in [2.24, 2.45) is 0 Å². The number of benzene rings is 1. The Hall–Kier alpha value is -1.83. The minimum atomic E-state index is -1.41. The molecule has 0 bridgehead atoms. The fraction of sp³-hybridized carbons (Fsp3) is 0.385. The smallest absolute Gasteiger partial charge is 0.378 e. The molecule has 6 nitrogen and oxygen atoms in total. The molecule has 3 atom stereocenters. The Balaban J connectivity index is 2.05. The minimum absolute atomic E-state index is 0.126. The molecule has 1 aliphatic rings. The van der Waals surface area contributed by atoms with Crippen molar-refractivity contribution in [3.05, 3.63) is 35.6 Å². The lowest BCUT2D eigenvalue weighted by atomic mass is 10.1. The SMILES string of the molecule is O=C1O[C@H]([C@@H](O)CO)C(OCc2cccc(F)c2)C1=O. The summed E-state index contributed by atoms with van der Waals surface area (Å²) in [6, 6.07) is 5.55. The largest absolute Gasteiger partial charge is 0.450 e. The molecular formula is C13H13FO6. The van der Waals surface area contributed by atoms with E-state index in [0.29, 0.717) is 5.56 Å². The van der Waals surface area contributed by atoms with Gasteiger partial charge in [-0.2, -0.15) is 0 Å². The van der Waals surface area contributed by atoms with Crippen molar-refractivity contribution < 1.29 is 33.7 Å². The summed E-state index contributed by atoms with van der Waals surface area (Å²) in [5, 5.41) is 18.3. The van der Waals surface area contributed by atoms with Gasteiger partial charge < -0.3 is 19.7 Å². The van der Waals surface area contributed by atoms with E-state index in [-0.39, 0.29) is 6.61 Å². The first-order valence-corrected chi connectivity index (χ1v) is 5.92. The van der Waals surface area contributed by atoms with Gasteiger partial charge in [-0.25, -0.2) is 9.18 Å². The highest BCUT2D eigenvalue weighted by atomic mass is 19.1. The van der Waals surface area contributed by atoms with E-state index < -0.39 is 42.5 Å². The Morgan fingerprint density at radius 2 is 2.15 bits per heavy atom. The molecule has 1 aromatic rings. The molecule has 1 aliphatic heterocycles. The van der Waals surface area contributed by atoms with Gasteiger partial charge in [0.1, 0.15) is 11.9 Å². The lowest BCUT2D eigenvalue weighted by Crippen LogP contribution is -2.40. The van der Waals surface area contributed by atoms with Crippen molar-refractivity contribution in [2.75, 3.05) is 6.61 Å². The molecule has 20 heavy (non-hydrogen) atoms. The molecule has 7 heteroatoms. The normalized spacial score (nSPS) is 23.8. The van der Waals surface area contributed by atoms with Gasteiger partial charge in [-0.3, -0.25) is 4.79 Å². The van der Waals surface area contributed by atoms with Crippen molar-refractivity contribution in [3.8, 4) is 0 Å². The molecule has 0 amide bonds. The summed E-state index contributed by atoms with van der Waals surface area (Å²) in [6.07, 6.45) is -3.98. The molecular weight excluding hydrogens is 271 g/mol. The van der Waals surface area contributed by atoms with Crippen LogP contribution < -0.4 is 0 Å². The Kier molecular flexibility index (Phi) is 4.43. The van der Waals surface area contributed by atoms with Crippen LogP contribution in [-0.4, -0.2) is 46.9 Å². The van der Waals surface area contributed by atoms with Crippen LogP contribution in [0.1, 0.15) is 5.56 Å². The third-order valence-corrected chi connectivity index (χ3v) is 2.89. The number of rotatable bonds is 5. The Bertz CT molecular complexity index is 517. The van der Waals surface area contributed by atoms with Gasteiger partial charge in [0.2, 0.25) is 0 Å². The monoisotopic (exact) mass is 284 g/mol. The van der Waals surface area contributed by atoms with Crippen molar-refractivity contribution in [2.45, 2.75) is 24.9 Å². The van der Waals surface area contributed by atoms with Gasteiger partial charge in [0.05, 0.1) is 13.2 Å². The number of aliphatic hydroxyl groups excluding tert-OH is 2. The molecule has 108 valence electrons. The van der Waals surface area contributed by atoms with E-state index in [9.17, 15) is 19.1 Å². The van der Waals surface area contributed by atoms with Crippen molar-refractivity contribution in [3.63, 3.8) is 0 Å². The molecule has 1 unspecified atom stereocenters. The molecule has 1 saturated heterocycles. The minimum Gasteiger partial charge on any atom is -0.450 e. The van der Waals surface area contributed by atoms with Crippen LogP contribution in [0.2, 0.25) is 0 Å². The van der Waals surface area contributed by atoms with Crippen molar-refractivity contribution >= 4 is 11.8 Å². The van der Waals surface area contributed by atoms with E-state index in [1.807, 2.05) is 0 Å². The second kappa shape index (κ2) is 6.08. The van der Waals surface area contributed by atoms with Gasteiger partial charge >= 0.3 is 5.97 Å². The number of hydrogen-bond donors (Lipinski definition) is 2. The van der Waals surface area contributed by atoms with Crippen molar-refractivity contribution in [1.82, 2.24) is 0 Å². The number of hydrogen-bond acceptors (Lipinski definition) is 6. The summed E-state index contributed by atoms with van der Waals surface area (Å²) in [5.41, 5.74) is 0.467. The molecule has 1 heterocycles. The van der Waals surface area contributed by atoms with E-state index in [0.717, 1.165) is 0 Å². The number of ketones is 1. The quantitative estimate of drug-likeness (QED) is 0.562. The Labute approximate surface area is 113 Å². The number of cyclic esters (lactones) is 1. The maximum absolute atomic E-state index is 13.0. The molecule has 2 rings (SSSR count). The molecule has 0 aromatic heterocycles. The van der Waals surface area contributed by atoms with Gasteiger partial charge in [0.25, 0.3) is 5.78 Å². The van der Waals surface area contributed by atoms with Crippen LogP contribution >= 0.6 is 0 Å². The summed E-state index contributed by atoms with van der Waals surface area (Å²) in [4.78, 5) is 22.7. The van der Waals surface area contributed by atoms with Crippen LogP contribution in [0.5, 0.6) is 0 Å². The van der Waals surface area contributed by atoms with Gasteiger partial charge in [0.15, 0.2) is 12.2 Å². The highest BCUT2D eigenvalue weighted by Gasteiger charge is 2.47. The standard InChI is InChI=1S/C13H13FO6/c14-8-3-1-2-7(4-8)6-19-12-10(17)13(18)20-11(12)9(16)5-15/h1-4,9,11-12,15-16H,5-6H2/t9-,11+,12?/m0/s1. The van der Waals surface area contributed by atoms with E-state index in [1.54, 1.807) is 6.07 Å². The number of esters is 1. The predicted octanol–water partition coefficient (Wildman–Crippen LogP) is -0.441. The zero-order valence-corrected chi connectivity index (χ0v) is 10.4. The maximum atomic E-state index is 13.0. The number of ether oxygens (including phenoxy) is 2. The first-order chi connectivity index (χ1) is 9.52. The third kappa shape index (κ3) is 3.01. The fourth-order valence-corrected chi connectivity index (χ4v) is 1.88. The third-order valence-electron chi connectivity index (χ3n) is 2.89. The van der Waals surface area contributed by atoms with Crippen molar-refractivity contribution in [1.29, 1.82) is 0 Å².